The average Bonchev–Trinajstić information content (AvgIpc) is 2.39. The van der Waals surface area contributed by atoms with E-state index in [0.717, 1.165) is 11.1 Å². The molecule has 0 amide bonds. The molecule has 0 aliphatic rings. The largest absolute Gasteiger partial charge is 0.324 e. The van der Waals surface area contributed by atoms with Crippen LogP contribution < -0.4 is 10.5 Å². The number of hydrogen-bond donors (Lipinski definition) is 2. The maximum atomic E-state index is 12.2. The maximum Gasteiger partial charge on any atom is 0.261 e. The van der Waals surface area contributed by atoms with Crippen molar-refractivity contribution in [3.8, 4) is 0 Å². The number of aryl methyl sites for hydroxylation is 1. The number of sulfonamides is 1. The van der Waals surface area contributed by atoms with Gasteiger partial charge >= 0.3 is 0 Å². The number of rotatable bonds is 4. The van der Waals surface area contributed by atoms with E-state index in [1.54, 1.807) is 30.3 Å². The molecule has 0 spiro atoms. The summed E-state index contributed by atoms with van der Waals surface area (Å²) in [6.07, 6.45) is 0. The second-order valence-electron chi connectivity index (χ2n) is 4.83. The summed E-state index contributed by atoms with van der Waals surface area (Å²) in [5, 5.41) is 0. The van der Waals surface area contributed by atoms with Crippen LogP contribution in [0.25, 0.3) is 0 Å². The van der Waals surface area contributed by atoms with Gasteiger partial charge in [0, 0.05) is 11.7 Å². The van der Waals surface area contributed by atoms with Crippen LogP contribution in [0.4, 0.5) is 5.69 Å². The second kappa shape index (κ2) is 5.64. The summed E-state index contributed by atoms with van der Waals surface area (Å²) in [5.41, 5.74) is 8.15. The van der Waals surface area contributed by atoms with Gasteiger partial charge in [-0.2, -0.15) is 0 Å². The summed E-state index contributed by atoms with van der Waals surface area (Å²) >= 11 is 0. The molecule has 106 valence electrons. The van der Waals surface area contributed by atoms with E-state index in [2.05, 4.69) is 4.72 Å². The summed E-state index contributed by atoms with van der Waals surface area (Å²) < 4.78 is 27.0. The molecule has 0 aliphatic heterocycles. The van der Waals surface area contributed by atoms with Crippen molar-refractivity contribution in [3.05, 3.63) is 59.7 Å². The highest BCUT2D eigenvalue weighted by atomic mass is 32.2. The highest BCUT2D eigenvalue weighted by molar-refractivity contribution is 7.92. The van der Waals surface area contributed by atoms with Gasteiger partial charge in [0.1, 0.15) is 0 Å². The van der Waals surface area contributed by atoms with Crippen LogP contribution in [0.3, 0.4) is 0 Å². The molecule has 0 bridgehead atoms. The van der Waals surface area contributed by atoms with Gasteiger partial charge in [-0.1, -0.05) is 24.3 Å². The average molecular weight is 290 g/mol. The van der Waals surface area contributed by atoms with Gasteiger partial charge in [-0.3, -0.25) is 4.72 Å². The van der Waals surface area contributed by atoms with E-state index in [-0.39, 0.29) is 10.9 Å². The number of benzene rings is 2. The van der Waals surface area contributed by atoms with Gasteiger partial charge in [0.25, 0.3) is 10.0 Å². The molecule has 20 heavy (non-hydrogen) atoms. The first-order chi connectivity index (χ1) is 9.38. The van der Waals surface area contributed by atoms with Crippen LogP contribution in [0, 0.1) is 6.92 Å². The lowest BCUT2D eigenvalue weighted by molar-refractivity contribution is 0.601. The fourth-order valence-corrected chi connectivity index (χ4v) is 3.01. The summed E-state index contributed by atoms with van der Waals surface area (Å²) in [6, 6.07) is 13.8. The molecule has 0 saturated heterocycles. The van der Waals surface area contributed by atoms with E-state index in [9.17, 15) is 8.42 Å². The van der Waals surface area contributed by atoms with Crippen molar-refractivity contribution in [2.75, 3.05) is 4.72 Å². The summed E-state index contributed by atoms with van der Waals surface area (Å²) in [5.74, 6) is 0. The molecule has 0 aromatic heterocycles. The Kier molecular flexibility index (Phi) is 4.11. The third-order valence-corrected chi connectivity index (χ3v) is 4.37. The molecule has 0 aliphatic carbocycles. The van der Waals surface area contributed by atoms with Crippen LogP contribution in [-0.2, 0) is 10.0 Å². The molecule has 3 N–H and O–H groups in total. The van der Waals surface area contributed by atoms with E-state index in [0.29, 0.717) is 5.69 Å². The van der Waals surface area contributed by atoms with E-state index in [4.69, 9.17) is 5.73 Å². The smallest absolute Gasteiger partial charge is 0.261 e. The zero-order chi connectivity index (χ0) is 14.8. The molecule has 5 heteroatoms. The van der Waals surface area contributed by atoms with Crippen LogP contribution >= 0.6 is 0 Å². The molecule has 1 atom stereocenters. The van der Waals surface area contributed by atoms with Crippen molar-refractivity contribution in [1.29, 1.82) is 0 Å². The molecular weight excluding hydrogens is 272 g/mol. The third-order valence-electron chi connectivity index (χ3n) is 2.99. The standard InChI is InChI=1S/C15H18N2O2S/c1-11-4-3-5-15(10-11)20(18,19)17-14-8-6-13(7-9-14)12(2)16/h3-10,12,17H,16H2,1-2H3. The first-order valence-corrected chi connectivity index (χ1v) is 7.82. The SMILES string of the molecule is Cc1cccc(S(=O)(=O)Nc2ccc(C(C)N)cc2)c1. The van der Waals surface area contributed by atoms with Crippen molar-refractivity contribution < 1.29 is 8.42 Å². The van der Waals surface area contributed by atoms with E-state index in [1.807, 2.05) is 32.0 Å². The van der Waals surface area contributed by atoms with Crippen molar-refractivity contribution in [1.82, 2.24) is 0 Å². The highest BCUT2D eigenvalue weighted by Crippen LogP contribution is 2.19. The zero-order valence-electron chi connectivity index (χ0n) is 11.5. The number of anilines is 1. The molecule has 2 aromatic rings. The number of hydrogen-bond acceptors (Lipinski definition) is 3. The van der Waals surface area contributed by atoms with Gasteiger partial charge in [-0.25, -0.2) is 8.42 Å². The molecule has 0 fully saturated rings. The van der Waals surface area contributed by atoms with Gasteiger partial charge in [-0.05, 0) is 49.2 Å². The van der Waals surface area contributed by atoms with Crippen LogP contribution in [0.1, 0.15) is 24.1 Å². The third kappa shape index (κ3) is 3.37. The van der Waals surface area contributed by atoms with Gasteiger partial charge < -0.3 is 5.73 Å². The first-order valence-electron chi connectivity index (χ1n) is 6.33. The van der Waals surface area contributed by atoms with Crippen LogP contribution in [0.15, 0.2) is 53.4 Å². The molecule has 0 heterocycles. The maximum absolute atomic E-state index is 12.2. The fourth-order valence-electron chi connectivity index (χ4n) is 1.85. The summed E-state index contributed by atoms with van der Waals surface area (Å²) in [4.78, 5) is 0.258. The van der Waals surface area contributed by atoms with E-state index < -0.39 is 10.0 Å². The summed E-state index contributed by atoms with van der Waals surface area (Å²) in [6.45, 7) is 3.74. The normalized spacial score (nSPS) is 12.9. The molecule has 4 nitrogen and oxygen atoms in total. The second-order valence-corrected chi connectivity index (χ2v) is 6.52. The van der Waals surface area contributed by atoms with Crippen LogP contribution in [-0.4, -0.2) is 8.42 Å². The molecule has 0 radical (unpaired) electrons. The Bertz CT molecular complexity index is 692. The lowest BCUT2D eigenvalue weighted by Gasteiger charge is -2.10. The minimum atomic E-state index is -3.55. The van der Waals surface area contributed by atoms with Crippen LogP contribution in [0.5, 0.6) is 0 Å². The van der Waals surface area contributed by atoms with Gasteiger partial charge in [0.2, 0.25) is 0 Å². The molecule has 2 rings (SSSR count). The molecule has 2 aromatic carbocycles. The van der Waals surface area contributed by atoms with Crippen LogP contribution in [0.2, 0.25) is 0 Å². The Labute approximate surface area is 119 Å². The Balaban J connectivity index is 2.24. The zero-order valence-corrected chi connectivity index (χ0v) is 12.3. The minimum absolute atomic E-state index is 0.0718. The van der Waals surface area contributed by atoms with Crippen molar-refractivity contribution in [2.24, 2.45) is 5.73 Å². The van der Waals surface area contributed by atoms with Gasteiger partial charge in [-0.15, -0.1) is 0 Å². The van der Waals surface area contributed by atoms with Crippen molar-refractivity contribution in [3.63, 3.8) is 0 Å². The van der Waals surface area contributed by atoms with E-state index in [1.165, 1.54) is 0 Å². The number of nitrogens with two attached hydrogens (primary N) is 1. The van der Waals surface area contributed by atoms with Gasteiger partial charge in [0.15, 0.2) is 0 Å². The minimum Gasteiger partial charge on any atom is -0.324 e. The Hall–Kier alpha value is -1.85. The molecule has 1 unspecified atom stereocenters. The quantitative estimate of drug-likeness (QED) is 0.909. The predicted molar refractivity (Wildman–Crippen MR) is 81.0 cm³/mol. The first kappa shape index (κ1) is 14.6. The summed E-state index contributed by atoms with van der Waals surface area (Å²) in [7, 11) is -3.55. The van der Waals surface area contributed by atoms with Crippen molar-refractivity contribution in [2.45, 2.75) is 24.8 Å². The fraction of sp³-hybridized carbons (Fsp3) is 0.200. The topological polar surface area (TPSA) is 72.2 Å². The Morgan fingerprint density at radius 2 is 1.75 bits per heavy atom. The lowest BCUT2D eigenvalue weighted by Crippen LogP contribution is -2.13. The number of nitrogens with one attached hydrogen (secondary N) is 1. The predicted octanol–water partition coefficient (Wildman–Crippen LogP) is 2.82. The highest BCUT2D eigenvalue weighted by Gasteiger charge is 2.14. The monoisotopic (exact) mass is 290 g/mol. The van der Waals surface area contributed by atoms with Gasteiger partial charge in [0.05, 0.1) is 4.90 Å². The molecular formula is C15H18N2O2S. The lowest BCUT2D eigenvalue weighted by atomic mass is 10.1. The Morgan fingerprint density at radius 1 is 1.10 bits per heavy atom. The molecule has 0 saturated carbocycles. The van der Waals surface area contributed by atoms with E-state index >= 15 is 0 Å². The van der Waals surface area contributed by atoms with Crippen molar-refractivity contribution >= 4 is 15.7 Å². The Morgan fingerprint density at radius 3 is 2.30 bits per heavy atom.